The van der Waals surface area contributed by atoms with Crippen LogP contribution in [0.2, 0.25) is 0 Å². The lowest BCUT2D eigenvalue weighted by molar-refractivity contribution is -0.124. The fourth-order valence-electron chi connectivity index (χ4n) is 4.47. The Hall–Kier alpha value is -3.38. The van der Waals surface area contributed by atoms with Crippen molar-refractivity contribution in [1.82, 2.24) is 31.5 Å². The van der Waals surface area contributed by atoms with Crippen molar-refractivity contribution >= 4 is 24.0 Å². The van der Waals surface area contributed by atoms with Crippen LogP contribution in [0.15, 0.2) is 30.3 Å². The molecule has 2 aliphatic rings. The molecule has 4 atom stereocenters. The highest BCUT2D eigenvalue weighted by Gasteiger charge is 2.27. The van der Waals surface area contributed by atoms with Crippen LogP contribution >= 0.6 is 0 Å². The second-order valence-electron chi connectivity index (χ2n) is 13.1. The molecule has 2 heterocycles. The summed E-state index contributed by atoms with van der Waals surface area (Å²) < 4.78 is 10.3. The molecule has 5 N–H and O–H groups in total. The maximum absolute atomic E-state index is 12.3. The zero-order valence-electron chi connectivity index (χ0n) is 27.0. The Morgan fingerprint density at radius 3 is 1.81 bits per heavy atom. The number of carbonyl (C=O) groups is 4. The van der Waals surface area contributed by atoms with Crippen molar-refractivity contribution in [3.8, 4) is 0 Å². The van der Waals surface area contributed by atoms with Crippen LogP contribution in [0.5, 0.6) is 0 Å². The van der Waals surface area contributed by atoms with Crippen LogP contribution in [0.3, 0.4) is 0 Å². The summed E-state index contributed by atoms with van der Waals surface area (Å²) in [5.41, 5.74) is 0.133. The molecular formula is C31H52N6O6. The lowest BCUT2D eigenvalue weighted by atomic mass is 10.2. The molecule has 3 rings (SSSR count). The van der Waals surface area contributed by atoms with E-state index in [1.807, 2.05) is 18.2 Å². The van der Waals surface area contributed by atoms with Gasteiger partial charge in [0.05, 0.1) is 0 Å². The average molecular weight is 605 g/mol. The van der Waals surface area contributed by atoms with E-state index in [0.29, 0.717) is 0 Å². The number of rotatable bonds is 8. The monoisotopic (exact) mass is 604 g/mol. The van der Waals surface area contributed by atoms with E-state index in [0.717, 1.165) is 45.6 Å². The molecule has 2 saturated heterocycles. The molecule has 0 aromatic heterocycles. The quantitative estimate of drug-likeness (QED) is 0.304. The number of nitrogens with one attached hydrogen (secondary N) is 5. The van der Waals surface area contributed by atoms with Gasteiger partial charge in [0.25, 0.3) is 0 Å². The van der Waals surface area contributed by atoms with Gasteiger partial charge in [0, 0.05) is 38.3 Å². The van der Waals surface area contributed by atoms with Gasteiger partial charge in [-0.3, -0.25) is 14.5 Å². The molecule has 0 unspecified atom stereocenters. The van der Waals surface area contributed by atoms with Crippen LogP contribution in [-0.2, 0) is 25.6 Å². The van der Waals surface area contributed by atoms with Crippen molar-refractivity contribution in [2.75, 3.05) is 26.2 Å². The van der Waals surface area contributed by atoms with E-state index in [1.54, 1.807) is 55.4 Å². The van der Waals surface area contributed by atoms with Gasteiger partial charge in [-0.25, -0.2) is 9.59 Å². The first-order valence-corrected chi connectivity index (χ1v) is 15.1. The molecule has 0 radical (unpaired) electrons. The fraction of sp³-hybridized carbons (Fsp3) is 0.677. The largest absolute Gasteiger partial charge is 0.444 e. The molecule has 1 aromatic carbocycles. The van der Waals surface area contributed by atoms with E-state index in [2.05, 4.69) is 43.6 Å². The molecule has 2 aliphatic heterocycles. The summed E-state index contributed by atoms with van der Waals surface area (Å²) >= 11 is 0. The average Bonchev–Trinajstić information content (AvgIpc) is 3.54. The molecule has 0 bridgehead atoms. The van der Waals surface area contributed by atoms with Crippen LogP contribution < -0.4 is 26.6 Å². The van der Waals surface area contributed by atoms with E-state index < -0.39 is 35.5 Å². The number of likely N-dealkylation sites (tertiary alicyclic amines) is 1. The molecule has 0 saturated carbocycles. The minimum Gasteiger partial charge on any atom is -0.444 e. The highest BCUT2D eigenvalue weighted by atomic mass is 16.6. The Balaban J connectivity index is 0.000000317. The van der Waals surface area contributed by atoms with Crippen molar-refractivity contribution in [1.29, 1.82) is 0 Å². The standard InChI is InChI=1S/C19H29N3O3.C12H23N3O3/c1-14(20-18(24)25-19(2,3)4)17(23)21-16-10-11-22(13-16)12-15-8-6-5-7-9-15;1-8(14-11(17)18-12(2,3)4)10(16)15-9-5-6-13-7-9/h5-9,14,16H,10-13H2,1-4H3,(H,20,24)(H,21,23);8-9,13H,5-7H2,1-4H3,(H,14,17)(H,15,16)/t14-,16-;8-,9-/m00/s1. The van der Waals surface area contributed by atoms with E-state index >= 15 is 0 Å². The lowest BCUT2D eigenvalue weighted by Gasteiger charge is -2.22. The highest BCUT2D eigenvalue weighted by molar-refractivity contribution is 5.86. The van der Waals surface area contributed by atoms with Crippen molar-refractivity contribution < 1.29 is 28.7 Å². The third-order valence-corrected chi connectivity index (χ3v) is 6.53. The number of benzene rings is 1. The Kier molecular flexibility index (Phi) is 13.7. The Morgan fingerprint density at radius 2 is 1.35 bits per heavy atom. The maximum Gasteiger partial charge on any atom is 0.408 e. The SMILES string of the molecule is C[C@H](NC(=O)OC(C)(C)C)C(=O)N[C@H]1CCN(Cc2ccccc2)C1.C[C@H](NC(=O)OC(C)(C)C)C(=O)N[C@H]1CCNC1. The van der Waals surface area contributed by atoms with Crippen molar-refractivity contribution in [2.24, 2.45) is 0 Å². The second-order valence-corrected chi connectivity index (χ2v) is 13.1. The summed E-state index contributed by atoms with van der Waals surface area (Å²) in [5, 5.41) is 14.1. The summed E-state index contributed by atoms with van der Waals surface area (Å²) in [4.78, 5) is 49.6. The first-order valence-electron chi connectivity index (χ1n) is 15.1. The number of nitrogens with zero attached hydrogens (tertiary/aromatic N) is 1. The number of hydrogen-bond donors (Lipinski definition) is 5. The van der Waals surface area contributed by atoms with Gasteiger partial charge >= 0.3 is 12.2 Å². The van der Waals surface area contributed by atoms with Crippen molar-refractivity contribution in [3.63, 3.8) is 0 Å². The predicted molar refractivity (Wildman–Crippen MR) is 165 cm³/mol. The van der Waals surface area contributed by atoms with Gasteiger partial charge in [0.2, 0.25) is 11.8 Å². The molecule has 0 aliphatic carbocycles. The minimum atomic E-state index is -0.627. The summed E-state index contributed by atoms with van der Waals surface area (Å²) in [5.74, 6) is -0.369. The van der Waals surface area contributed by atoms with Crippen molar-refractivity contribution in [3.05, 3.63) is 35.9 Å². The molecule has 0 spiro atoms. The van der Waals surface area contributed by atoms with Gasteiger partial charge in [-0.2, -0.15) is 0 Å². The van der Waals surface area contributed by atoms with E-state index in [9.17, 15) is 19.2 Å². The van der Waals surface area contributed by atoms with E-state index in [4.69, 9.17) is 9.47 Å². The summed E-state index contributed by atoms with van der Waals surface area (Å²) in [6.07, 6.45) is 0.685. The second kappa shape index (κ2) is 16.5. The van der Waals surface area contributed by atoms with Gasteiger partial charge in [-0.15, -0.1) is 0 Å². The molecule has 12 heteroatoms. The molecule has 43 heavy (non-hydrogen) atoms. The van der Waals surface area contributed by atoms with Gasteiger partial charge in [-0.05, 0) is 80.3 Å². The molecule has 2 fully saturated rings. The first kappa shape index (κ1) is 35.8. The lowest BCUT2D eigenvalue weighted by Crippen LogP contribution is -2.49. The van der Waals surface area contributed by atoms with Gasteiger partial charge in [0.15, 0.2) is 0 Å². The van der Waals surface area contributed by atoms with Crippen LogP contribution in [0.25, 0.3) is 0 Å². The summed E-state index contributed by atoms with van der Waals surface area (Å²) in [6.45, 7) is 18.4. The van der Waals surface area contributed by atoms with Gasteiger partial charge in [-0.1, -0.05) is 30.3 Å². The Bertz CT molecular complexity index is 1050. The predicted octanol–water partition coefficient (Wildman–Crippen LogP) is 2.67. The number of hydrogen-bond acceptors (Lipinski definition) is 8. The molecule has 4 amide bonds. The number of alkyl carbamates (subject to hydrolysis) is 2. The maximum atomic E-state index is 12.3. The number of amides is 4. The smallest absolute Gasteiger partial charge is 0.408 e. The van der Waals surface area contributed by atoms with Crippen LogP contribution in [0.1, 0.15) is 73.8 Å². The first-order chi connectivity index (χ1) is 20.0. The van der Waals surface area contributed by atoms with Crippen LogP contribution in [0, 0.1) is 0 Å². The van der Waals surface area contributed by atoms with Gasteiger partial charge in [0.1, 0.15) is 23.3 Å². The molecule has 12 nitrogen and oxygen atoms in total. The Labute approximate surface area is 256 Å². The highest BCUT2D eigenvalue weighted by Crippen LogP contribution is 2.14. The third kappa shape index (κ3) is 15.1. The third-order valence-electron chi connectivity index (χ3n) is 6.53. The Morgan fingerprint density at radius 1 is 0.837 bits per heavy atom. The van der Waals surface area contributed by atoms with Crippen LogP contribution in [0.4, 0.5) is 9.59 Å². The fourth-order valence-corrected chi connectivity index (χ4v) is 4.47. The summed E-state index contributed by atoms with van der Waals surface area (Å²) in [7, 11) is 0. The topological polar surface area (TPSA) is 150 Å². The van der Waals surface area contributed by atoms with Crippen LogP contribution in [-0.4, -0.2) is 90.4 Å². The number of carbonyl (C=O) groups excluding carboxylic acids is 4. The molecule has 242 valence electrons. The summed E-state index contributed by atoms with van der Waals surface area (Å²) in [6, 6.07) is 9.34. The van der Waals surface area contributed by atoms with Gasteiger partial charge < -0.3 is 36.1 Å². The zero-order valence-corrected chi connectivity index (χ0v) is 27.0. The molecule has 1 aromatic rings. The van der Waals surface area contributed by atoms with Crippen molar-refractivity contribution in [2.45, 2.75) is 110 Å². The normalized spacial score (nSPS) is 20.1. The number of ether oxygens (including phenoxy) is 2. The zero-order chi connectivity index (χ0) is 32.2. The van der Waals surface area contributed by atoms with E-state index in [1.165, 1.54) is 5.56 Å². The molecular weight excluding hydrogens is 552 g/mol. The minimum absolute atomic E-state index is 0.110. The van der Waals surface area contributed by atoms with E-state index in [-0.39, 0.29) is 23.9 Å².